The number of hydrogen-bond acceptors (Lipinski definition) is 8. The summed E-state index contributed by atoms with van der Waals surface area (Å²) >= 11 is 1.13. The van der Waals surface area contributed by atoms with Gasteiger partial charge in [0.15, 0.2) is 5.13 Å². The summed E-state index contributed by atoms with van der Waals surface area (Å²) in [4.78, 5) is 38.2. The number of rotatable bonds is 6. The number of carbonyl (C=O) groups excluding carboxylic acids is 2. The van der Waals surface area contributed by atoms with Gasteiger partial charge in [0.1, 0.15) is 5.75 Å². The zero-order valence-electron chi connectivity index (χ0n) is 14.4. The number of carbonyl (C=O) groups is 2. The van der Waals surface area contributed by atoms with Gasteiger partial charge in [-0.05, 0) is 30.3 Å². The number of carboxylic acid groups (broad SMARTS) is 1. The molecule has 9 nitrogen and oxygen atoms in total. The minimum absolute atomic E-state index is 0.214. The van der Waals surface area contributed by atoms with E-state index in [0.717, 1.165) is 23.0 Å². The van der Waals surface area contributed by atoms with Crippen molar-refractivity contribution in [2.75, 3.05) is 12.4 Å². The predicted molar refractivity (Wildman–Crippen MR) is 99.5 cm³/mol. The molecule has 28 heavy (non-hydrogen) atoms. The van der Waals surface area contributed by atoms with E-state index in [4.69, 9.17) is 4.74 Å². The molecule has 2 aromatic carbocycles. The van der Waals surface area contributed by atoms with Crippen LogP contribution in [0.15, 0.2) is 47.8 Å². The normalized spacial score (nSPS) is 10.3. The molecule has 1 heterocycles. The van der Waals surface area contributed by atoms with Gasteiger partial charge in [0, 0.05) is 17.0 Å². The summed E-state index contributed by atoms with van der Waals surface area (Å²) in [5, 5.41) is 26.7. The highest BCUT2D eigenvalue weighted by molar-refractivity contribution is 7.14. The molecule has 0 aliphatic carbocycles. The van der Waals surface area contributed by atoms with Crippen molar-refractivity contribution in [3.63, 3.8) is 0 Å². The topological polar surface area (TPSA) is 134 Å². The molecular weight excluding hydrogens is 386 g/mol. The molecular formula is C18H12N3O6S-. The Balaban J connectivity index is 1.86. The van der Waals surface area contributed by atoms with Crippen molar-refractivity contribution >= 4 is 34.0 Å². The number of nitrogens with one attached hydrogen (secondary N) is 1. The smallest absolute Gasteiger partial charge is 0.279 e. The van der Waals surface area contributed by atoms with Gasteiger partial charge in [0.05, 0.1) is 34.8 Å². The van der Waals surface area contributed by atoms with E-state index >= 15 is 0 Å². The third kappa shape index (κ3) is 3.81. The van der Waals surface area contributed by atoms with E-state index in [1.165, 1.54) is 12.1 Å². The Kier molecular flexibility index (Phi) is 5.32. The molecule has 1 amide bonds. The quantitative estimate of drug-likeness (QED) is 0.497. The van der Waals surface area contributed by atoms with Crippen molar-refractivity contribution in [2.24, 2.45) is 0 Å². The minimum Gasteiger partial charge on any atom is -0.545 e. The van der Waals surface area contributed by atoms with Gasteiger partial charge in [-0.25, -0.2) is 4.98 Å². The maximum atomic E-state index is 12.5. The van der Waals surface area contributed by atoms with Gasteiger partial charge in [0.2, 0.25) is 0 Å². The van der Waals surface area contributed by atoms with Gasteiger partial charge >= 0.3 is 0 Å². The zero-order chi connectivity index (χ0) is 20.3. The Morgan fingerprint density at radius 1 is 1.18 bits per heavy atom. The number of methoxy groups -OCH3 is 1. The van der Waals surface area contributed by atoms with Gasteiger partial charge in [-0.2, -0.15) is 0 Å². The van der Waals surface area contributed by atoms with Crippen LogP contribution < -0.4 is 15.2 Å². The third-order valence-electron chi connectivity index (χ3n) is 3.80. The van der Waals surface area contributed by atoms with E-state index in [9.17, 15) is 24.8 Å². The lowest BCUT2D eigenvalue weighted by atomic mass is 10.0. The number of aromatic nitrogens is 1. The van der Waals surface area contributed by atoms with Gasteiger partial charge < -0.3 is 14.6 Å². The first-order valence-corrected chi connectivity index (χ1v) is 8.68. The average molecular weight is 398 g/mol. The molecule has 0 spiro atoms. The second-order valence-electron chi connectivity index (χ2n) is 5.46. The fraction of sp³-hybridized carbons (Fsp3) is 0.0556. The lowest BCUT2D eigenvalue weighted by Crippen LogP contribution is -2.27. The number of benzene rings is 2. The highest BCUT2D eigenvalue weighted by Crippen LogP contribution is 2.28. The molecule has 0 unspecified atom stereocenters. The van der Waals surface area contributed by atoms with Crippen molar-refractivity contribution in [1.29, 1.82) is 0 Å². The van der Waals surface area contributed by atoms with Crippen LogP contribution in [-0.4, -0.2) is 28.9 Å². The fourth-order valence-electron chi connectivity index (χ4n) is 2.49. The van der Waals surface area contributed by atoms with Crippen molar-refractivity contribution in [2.45, 2.75) is 0 Å². The summed E-state index contributed by atoms with van der Waals surface area (Å²) < 4.78 is 5.09. The Labute approximate surface area is 162 Å². The van der Waals surface area contributed by atoms with Crippen molar-refractivity contribution in [3.8, 4) is 17.0 Å². The van der Waals surface area contributed by atoms with E-state index in [-0.39, 0.29) is 10.7 Å². The Morgan fingerprint density at radius 3 is 2.50 bits per heavy atom. The molecule has 3 aromatic rings. The molecule has 1 N–H and O–H groups in total. The number of carboxylic acids is 1. The Hall–Kier alpha value is -3.79. The molecule has 0 saturated carbocycles. The molecule has 10 heteroatoms. The first-order chi connectivity index (χ1) is 13.4. The maximum Gasteiger partial charge on any atom is 0.279 e. The number of nitrogens with zero attached hydrogens (tertiary/aromatic N) is 2. The summed E-state index contributed by atoms with van der Waals surface area (Å²) in [5.41, 5.74) is -0.483. The number of anilines is 1. The number of hydrogen-bond donors (Lipinski definition) is 1. The van der Waals surface area contributed by atoms with E-state index in [2.05, 4.69) is 10.3 Å². The zero-order valence-corrected chi connectivity index (χ0v) is 15.2. The Bertz CT molecular complexity index is 1060. The van der Waals surface area contributed by atoms with E-state index in [1.807, 2.05) is 0 Å². The van der Waals surface area contributed by atoms with Gasteiger partial charge in [0.25, 0.3) is 11.6 Å². The minimum atomic E-state index is -1.81. The number of ether oxygens (including phenoxy) is 1. The highest BCUT2D eigenvalue weighted by atomic mass is 32.1. The lowest BCUT2D eigenvalue weighted by Gasteiger charge is -2.10. The Morgan fingerprint density at radius 2 is 1.89 bits per heavy atom. The molecule has 0 fully saturated rings. The van der Waals surface area contributed by atoms with E-state index in [1.54, 1.807) is 36.8 Å². The van der Waals surface area contributed by atoms with E-state index < -0.39 is 28.1 Å². The van der Waals surface area contributed by atoms with Crippen molar-refractivity contribution < 1.29 is 24.4 Å². The number of thiazole rings is 1. The number of aromatic carboxylic acids is 1. The van der Waals surface area contributed by atoms with Crippen LogP contribution in [-0.2, 0) is 0 Å². The molecule has 0 atom stereocenters. The van der Waals surface area contributed by atoms with Crippen molar-refractivity contribution in [1.82, 2.24) is 4.98 Å². The second kappa shape index (κ2) is 7.84. The first-order valence-electron chi connectivity index (χ1n) is 7.80. The van der Waals surface area contributed by atoms with Crippen LogP contribution in [0.3, 0.4) is 0 Å². The molecule has 1 aromatic heterocycles. The first kappa shape index (κ1) is 19.0. The summed E-state index contributed by atoms with van der Waals surface area (Å²) in [5.74, 6) is -1.96. The predicted octanol–water partition coefficient (Wildman–Crippen LogP) is 2.34. The molecule has 3 rings (SSSR count). The van der Waals surface area contributed by atoms with Crippen LogP contribution in [0.5, 0.6) is 5.75 Å². The maximum absolute atomic E-state index is 12.5. The summed E-state index contributed by atoms with van der Waals surface area (Å²) in [7, 11) is 1.56. The molecule has 0 bridgehead atoms. The lowest BCUT2D eigenvalue weighted by molar-refractivity contribution is -0.385. The number of nitro groups is 1. The average Bonchev–Trinajstić information content (AvgIpc) is 3.15. The van der Waals surface area contributed by atoms with Crippen LogP contribution in [0.2, 0.25) is 0 Å². The van der Waals surface area contributed by atoms with Crippen molar-refractivity contribution in [3.05, 3.63) is 69.1 Å². The SMILES string of the molecule is COc1ccc(-c2csc(NC(=O)c3cccc([N+](=O)[O-])c3C(=O)[O-])n2)cc1. The second-order valence-corrected chi connectivity index (χ2v) is 6.32. The molecule has 0 aliphatic rings. The number of amides is 1. The number of nitro benzene ring substituents is 1. The highest BCUT2D eigenvalue weighted by Gasteiger charge is 2.23. The summed E-state index contributed by atoms with van der Waals surface area (Å²) in [6.45, 7) is 0. The van der Waals surface area contributed by atoms with Crippen LogP contribution in [0.25, 0.3) is 11.3 Å². The third-order valence-corrected chi connectivity index (χ3v) is 4.56. The van der Waals surface area contributed by atoms with Gasteiger partial charge in [-0.1, -0.05) is 6.07 Å². The van der Waals surface area contributed by atoms with Gasteiger partial charge in [-0.3, -0.25) is 20.2 Å². The van der Waals surface area contributed by atoms with Crippen LogP contribution in [0, 0.1) is 10.1 Å². The monoisotopic (exact) mass is 398 g/mol. The largest absolute Gasteiger partial charge is 0.545 e. The molecule has 0 radical (unpaired) electrons. The fourth-order valence-corrected chi connectivity index (χ4v) is 3.20. The van der Waals surface area contributed by atoms with Crippen LogP contribution in [0.4, 0.5) is 10.8 Å². The van der Waals surface area contributed by atoms with Crippen LogP contribution >= 0.6 is 11.3 Å². The standard InChI is InChI=1S/C18H13N3O6S/c1-27-11-7-5-10(6-8-11)13-9-28-18(19-13)20-16(22)12-3-2-4-14(21(25)26)15(12)17(23)24/h2-9H,1H3,(H,23,24)(H,19,20,22)/p-1. The molecule has 0 aliphatic heterocycles. The van der Waals surface area contributed by atoms with E-state index in [0.29, 0.717) is 11.4 Å². The molecule has 142 valence electrons. The van der Waals surface area contributed by atoms with Gasteiger partial charge in [-0.15, -0.1) is 11.3 Å². The summed E-state index contributed by atoms with van der Waals surface area (Å²) in [6, 6.07) is 10.5. The molecule has 0 saturated heterocycles. The summed E-state index contributed by atoms with van der Waals surface area (Å²) in [6.07, 6.45) is 0. The van der Waals surface area contributed by atoms with Crippen LogP contribution in [0.1, 0.15) is 20.7 Å².